The third-order valence-corrected chi connectivity index (χ3v) is 3.34. The van der Waals surface area contributed by atoms with Crippen molar-refractivity contribution in [3.05, 3.63) is 35.9 Å². The number of rotatable bonds is 5. The molecule has 4 atom stereocenters. The van der Waals surface area contributed by atoms with Crippen molar-refractivity contribution >= 4 is 0 Å². The van der Waals surface area contributed by atoms with E-state index < -0.39 is 18.2 Å². The molecule has 5 N–H and O–H groups in total. The highest BCUT2D eigenvalue weighted by Crippen LogP contribution is 2.13. The standard InChI is InChI=1S/C13H20N2O3/c16-8-11-13(18)12(17)10(15-11)7-14-6-9-4-2-1-3-5-9/h1-5,10-18H,6-8H2/t10-,11+,12-,13+/m0/s1. The van der Waals surface area contributed by atoms with Crippen molar-refractivity contribution in [2.75, 3.05) is 13.2 Å². The average Bonchev–Trinajstić information content (AvgIpc) is 2.68. The predicted octanol–water partition coefficient (Wildman–Crippen LogP) is -1.17. The molecule has 5 nitrogen and oxygen atoms in total. The molecular weight excluding hydrogens is 232 g/mol. The van der Waals surface area contributed by atoms with Crippen LogP contribution in [-0.2, 0) is 6.54 Å². The Morgan fingerprint density at radius 2 is 1.72 bits per heavy atom. The van der Waals surface area contributed by atoms with E-state index in [0.717, 1.165) is 0 Å². The van der Waals surface area contributed by atoms with E-state index in [9.17, 15) is 10.2 Å². The molecule has 0 bridgehead atoms. The molecule has 1 aliphatic heterocycles. The predicted molar refractivity (Wildman–Crippen MR) is 68.0 cm³/mol. The van der Waals surface area contributed by atoms with Crippen molar-refractivity contribution in [2.24, 2.45) is 0 Å². The van der Waals surface area contributed by atoms with Crippen molar-refractivity contribution in [1.82, 2.24) is 10.6 Å². The third kappa shape index (κ3) is 3.07. The minimum absolute atomic E-state index is 0.173. The highest BCUT2D eigenvalue weighted by atomic mass is 16.3. The Bertz CT molecular complexity index is 361. The number of hydrogen-bond donors (Lipinski definition) is 5. The summed E-state index contributed by atoms with van der Waals surface area (Å²) in [5.74, 6) is 0. The zero-order valence-electron chi connectivity index (χ0n) is 10.2. The quantitative estimate of drug-likeness (QED) is 0.456. The van der Waals surface area contributed by atoms with Crippen LogP contribution in [0, 0.1) is 0 Å². The Kier molecular flexibility index (Phi) is 4.68. The van der Waals surface area contributed by atoms with Gasteiger partial charge in [0.1, 0.15) is 0 Å². The normalized spacial score (nSPS) is 31.7. The van der Waals surface area contributed by atoms with E-state index in [1.807, 2.05) is 30.3 Å². The molecule has 1 aromatic carbocycles. The van der Waals surface area contributed by atoms with Gasteiger partial charge >= 0.3 is 0 Å². The van der Waals surface area contributed by atoms with E-state index in [-0.39, 0.29) is 12.6 Å². The van der Waals surface area contributed by atoms with Gasteiger partial charge in [-0.15, -0.1) is 0 Å². The first-order valence-electron chi connectivity index (χ1n) is 6.20. The van der Waals surface area contributed by atoms with Crippen molar-refractivity contribution in [3.63, 3.8) is 0 Å². The zero-order valence-corrected chi connectivity index (χ0v) is 10.2. The molecule has 5 heteroatoms. The summed E-state index contributed by atoms with van der Waals surface area (Å²) in [6, 6.07) is 9.29. The molecule has 0 aromatic heterocycles. The van der Waals surface area contributed by atoms with Gasteiger partial charge in [0.2, 0.25) is 0 Å². The summed E-state index contributed by atoms with van der Waals surface area (Å²) in [5.41, 5.74) is 1.17. The minimum Gasteiger partial charge on any atom is -0.395 e. The van der Waals surface area contributed by atoms with Gasteiger partial charge in [-0.25, -0.2) is 0 Å². The Balaban J connectivity index is 1.77. The molecule has 18 heavy (non-hydrogen) atoms. The molecule has 0 amide bonds. The van der Waals surface area contributed by atoms with E-state index in [1.165, 1.54) is 5.56 Å². The van der Waals surface area contributed by atoms with Gasteiger partial charge < -0.3 is 26.0 Å². The molecule has 2 rings (SSSR count). The molecule has 1 aliphatic rings. The van der Waals surface area contributed by atoms with Crippen LogP contribution in [-0.4, -0.2) is 52.8 Å². The second kappa shape index (κ2) is 6.26. The first-order valence-corrected chi connectivity index (χ1v) is 6.20. The fourth-order valence-electron chi connectivity index (χ4n) is 2.26. The van der Waals surface area contributed by atoms with Gasteiger partial charge in [-0.2, -0.15) is 0 Å². The molecule has 1 saturated heterocycles. The number of aliphatic hydroxyl groups excluding tert-OH is 3. The van der Waals surface area contributed by atoms with Crippen LogP contribution in [0.25, 0.3) is 0 Å². The first-order chi connectivity index (χ1) is 8.72. The molecule has 0 radical (unpaired) electrons. The fourth-order valence-corrected chi connectivity index (χ4v) is 2.26. The molecule has 1 heterocycles. The summed E-state index contributed by atoms with van der Waals surface area (Å²) in [4.78, 5) is 0. The van der Waals surface area contributed by atoms with Gasteiger partial charge in [0, 0.05) is 19.1 Å². The highest BCUT2D eigenvalue weighted by Gasteiger charge is 2.39. The van der Waals surface area contributed by atoms with E-state index >= 15 is 0 Å². The van der Waals surface area contributed by atoms with Crippen LogP contribution in [0.15, 0.2) is 30.3 Å². The third-order valence-electron chi connectivity index (χ3n) is 3.34. The topological polar surface area (TPSA) is 84.8 Å². The lowest BCUT2D eigenvalue weighted by molar-refractivity contribution is 0.0197. The summed E-state index contributed by atoms with van der Waals surface area (Å²) >= 11 is 0. The molecular formula is C13H20N2O3. The lowest BCUT2D eigenvalue weighted by atomic mass is 10.1. The van der Waals surface area contributed by atoms with E-state index in [1.54, 1.807) is 0 Å². The molecule has 0 aliphatic carbocycles. The van der Waals surface area contributed by atoms with E-state index in [0.29, 0.717) is 13.1 Å². The van der Waals surface area contributed by atoms with Crippen LogP contribution < -0.4 is 10.6 Å². The molecule has 0 saturated carbocycles. The smallest absolute Gasteiger partial charge is 0.0989 e. The van der Waals surface area contributed by atoms with E-state index in [2.05, 4.69) is 10.6 Å². The largest absolute Gasteiger partial charge is 0.395 e. The second-order valence-corrected chi connectivity index (χ2v) is 4.66. The maximum Gasteiger partial charge on any atom is 0.0989 e. The molecule has 0 unspecified atom stereocenters. The van der Waals surface area contributed by atoms with Crippen molar-refractivity contribution in [3.8, 4) is 0 Å². The fraction of sp³-hybridized carbons (Fsp3) is 0.538. The SMILES string of the molecule is OC[C@H]1N[C@@H](CNCc2ccccc2)[C@H](O)[C@@H]1O. The number of aliphatic hydroxyl groups is 3. The average molecular weight is 252 g/mol. The summed E-state index contributed by atoms with van der Waals surface area (Å²) < 4.78 is 0. The molecule has 100 valence electrons. The van der Waals surface area contributed by atoms with Crippen LogP contribution in [0.2, 0.25) is 0 Å². The number of nitrogens with one attached hydrogen (secondary N) is 2. The van der Waals surface area contributed by atoms with Crippen molar-refractivity contribution < 1.29 is 15.3 Å². The molecule has 1 fully saturated rings. The Labute approximate surface area is 106 Å². The maximum atomic E-state index is 9.79. The van der Waals surface area contributed by atoms with Gasteiger partial charge in [-0.05, 0) is 5.56 Å². The summed E-state index contributed by atoms with van der Waals surface area (Å²) in [6.45, 7) is 1.09. The van der Waals surface area contributed by atoms with Gasteiger partial charge in [-0.3, -0.25) is 0 Å². The summed E-state index contributed by atoms with van der Waals surface area (Å²) in [7, 11) is 0. The highest BCUT2D eigenvalue weighted by molar-refractivity contribution is 5.14. The summed E-state index contributed by atoms with van der Waals surface area (Å²) in [6.07, 6.45) is -1.75. The van der Waals surface area contributed by atoms with E-state index in [4.69, 9.17) is 5.11 Å². The Morgan fingerprint density at radius 3 is 2.33 bits per heavy atom. The summed E-state index contributed by atoms with van der Waals surface area (Å²) in [5, 5.41) is 34.7. The van der Waals surface area contributed by atoms with Crippen LogP contribution in [0.5, 0.6) is 0 Å². The van der Waals surface area contributed by atoms with Crippen LogP contribution in [0.1, 0.15) is 5.56 Å². The van der Waals surface area contributed by atoms with Crippen LogP contribution in [0.4, 0.5) is 0 Å². The lowest BCUT2D eigenvalue weighted by Gasteiger charge is -2.16. The van der Waals surface area contributed by atoms with Gasteiger partial charge in [-0.1, -0.05) is 30.3 Å². The minimum atomic E-state index is -0.904. The first kappa shape index (κ1) is 13.5. The Morgan fingerprint density at radius 1 is 1.06 bits per heavy atom. The molecule has 1 aromatic rings. The number of hydrogen-bond acceptors (Lipinski definition) is 5. The van der Waals surface area contributed by atoms with Crippen LogP contribution in [0.3, 0.4) is 0 Å². The van der Waals surface area contributed by atoms with Crippen LogP contribution >= 0.6 is 0 Å². The number of benzene rings is 1. The Hall–Kier alpha value is -0.980. The monoisotopic (exact) mass is 252 g/mol. The zero-order chi connectivity index (χ0) is 13.0. The second-order valence-electron chi connectivity index (χ2n) is 4.66. The van der Waals surface area contributed by atoms with Crippen molar-refractivity contribution in [2.45, 2.75) is 30.8 Å². The van der Waals surface area contributed by atoms with Crippen molar-refractivity contribution in [1.29, 1.82) is 0 Å². The van der Waals surface area contributed by atoms with Gasteiger partial charge in [0.05, 0.1) is 24.9 Å². The van der Waals surface area contributed by atoms with Gasteiger partial charge in [0.25, 0.3) is 0 Å². The lowest BCUT2D eigenvalue weighted by Crippen LogP contribution is -2.42. The maximum absolute atomic E-state index is 9.79. The van der Waals surface area contributed by atoms with Gasteiger partial charge in [0.15, 0.2) is 0 Å². The molecule has 0 spiro atoms.